The molecule has 2 bridgehead atoms. The van der Waals surface area contributed by atoms with Crippen molar-refractivity contribution >= 4 is 22.7 Å². The van der Waals surface area contributed by atoms with E-state index >= 15 is 0 Å². The van der Waals surface area contributed by atoms with E-state index in [0.29, 0.717) is 29.4 Å². The van der Waals surface area contributed by atoms with Gasteiger partial charge in [0.05, 0.1) is 0 Å². The second kappa shape index (κ2) is 4.13. The van der Waals surface area contributed by atoms with E-state index in [4.69, 9.17) is 0 Å². The van der Waals surface area contributed by atoms with Gasteiger partial charge < -0.3 is 4.90 Å². The summed E-state index contributed by atoms with van der Waals surface area (Å²) in [5, 5.41) is 7.49. The number of piperidine rings is 1. The monoisotopic (exact) mass is 271 g/mol. The minimum atomic E-state index is -0.0186. The van der Waals surface area contributed by atoms with E-state index < -0.39 is 0 Å². The molecule has 0 aliphatic carbocycles. The number of fused-ring (bicyclic) bond motifs is 3. The Kier molecular flexibility index (Phi) is 2.39. The number of benzene rings is 1. The minimum absolute atomic E-state index is 0.0186. The smallest absolute Gasteiger partial charge is 0.254 e. The number of rotatable bonds is 1. The van der Waals surface area contributed by atoms with Crippen molar-refractivity contribution in [1.82, 2.24) is 15.2 Å². The van der Waals surface area contributed by atoms with Crippen molar-refractivity contribution in [2.75, 3.05) is 0 Å². The van der Waals surface area contributed by atoms with Crippen LogP contribution in [-0.4, -0.2) is 39.0 Å². The molecule has 2 saturated heterocycles. The molecule has 2 aromatic rings. The average molecular weight is 271 g/mol. The van der Waals surface area contributed by atoms with Gasteiger partial charge in [-0.3, -0.25) is 9.59 Å². The summed E-state index contributed by atoms with van der Waals surface area (Å²) >= 11 is 0. The summed E-state index contributed by atoms with van der Waals surface area (Å²) in [5.41, 5.74) is 1.80. The van der Waals surface area contributed by atoms with Gasteiger partial charge in [-0.2, -0.15) is 0 Å². The Hall–Kier alpha value is -2.24. The van der Waals surface area contributed by atoms with E-state index in [1.807, 2.05) is 4.90 Å². The summed E-state index contributed by atoms with van der Waals surface area (Å²) < 4.78 is 4.64. The van der Waals surface area contributed by atoms with Crippen LogP contribution in [0.4, 0.5) is 0 Å². The number of Topliss-reactive ketones (excluding diaryl/α,β-unsaturated/α-hetero) is 1. The number of ketones is 1. The summed E-state index contributed by atoms with van der Waals surface area (Å²) in [5.74, 6) is 0.257. The van der Waals surface area contributed by atoms with E-state index in [9.17, 15) is 9.59 Å². The predicted molar refractivity (Wildman–Crippen MR) is 69.0 cm³/mol. The number of hydrogen-bond donors (Lipinski definition) is 0. The summed E-state index contributed by atoms with van der Waals surface area (Å²) in [6, 6.07) is 5.31. The van der Waals surface area contributed by atoms with Crippen molar-refractivity contribution in [2.24, 2.45) is 0 Å². The van der Waals surface area contributed by atoms with Gasteiger partial charge in [0, 0.05) is 30.5 Å². The first-order valence-corrected chi connectivity index (χ1v) is 6.79. The third kappa shape index (κ3) is 1.64. The molecule has 6 nitrogen and oxygen atoms in total. The lowest BCUT2D eigenvalue weighted by Crippen LogP contribution is -2.46. The van der Waals surface area contributed by atoms with E-state index in [1.54, 1.807) is 18.2 Å². The van der Waals surface area contributed by atoms with Crippen LogP contribution in [0.2, 0.25) is 0 Å². The molecule has 0 N–H and O–H groups in total. The van der Waals surface area contributed by atoms with Gasteiger partial charge >= 0.3 is 0 Å². The lowest BCUT2D eigenvalue weighted by atomic mass is 10.00. The predicted octanol–water partition coefficient (Wildman–Crippen LogP) is 1.56. The second-order valence-electron chi connectivity index (χ2n) is 5.51. The van der Waals surface area contributed by atoms with Crippen molar-refractivity contribution in [3.05, 3.63) is 23.8 Å². The van der Waals surface area contributed by atoms with E-state index in [2.05, 4.69) is 14.9 Å². The van der Waals surface area contributed by atoms with Crippen LogP contribution in [0.5, 0.6) is 0 Å². The molecule has 0 spiro atoms. The van der Waals surface area contributed by atoms with Gasteiger partial charge in [-0.25, -0.2) is 4.63 Å². The standard InChI is InChI=1S/C14H13N3O3/c18-11-6-9-2-3-10(7-11)17(9)14(19)8-1-4-12-13(5-8)16-20-15-12/h1,4-5,9-10H,2-3,6-7H2. The van der Waals surface area contributed by atoms with Gasteiger partial charge in [0.25, 0.3) is 5.91 Å². The zero-order valence-corrected chi connectivity index (χ0v) is 10.8. The van der Waals surface area contributed by atoms with Crippen LogP contribution >= 0.6 is 0 Å². The first kappa shape index (κ1) is 11.6. The largest absolute Gasteiger partial charge is 0.332 e. The number of hydrogen-bond acceptors (Lipinski definition) is 5. The van der Waals surface area contributed by atoms with Crippen molar-refractivity contribution in [3.8, 4) is 0 Å². The molecule has 102 valence electrons. The Labute approximate surface area is 114 Å². The third-order valence-electron chi connectivity index (χ3n) is 4.28. The first-order chi connectivity index (χ1) is 9.72. The van der Waals surface area contributed by atoms with Crippen LogP contribution < -0.4 is 0 Å². The van der Waals surface area contributed by atoms with Gasteiger partial charge in [0.15, 0.2) is 0 Å². The zero-order valence-electron chi connectivity index (χ0n) is 10.8. The van der Waals surface area contributed by atoms with Gasteiger partial charge in [-0.1, -0.05) is 0 Å². The number of nitrogens with zero attached hydrogens (tertiary/aromatic N) is 3. The fourth-order valence-corrected chi connectivity index (χ4v) is 3.37. The van der Waals surface area contributed by atoms with E-state index in [-0.39, 0.29) is 23.8 Å². The van der Waals surface area contributed by atoms with Crippen molar-refractivity contribution in [3.63, 3.8) is 0 Å². The Morgan fingerprint density at radius 3 is 2.60 bits per heavy atom. The summed E-state index contributed by atoms with van der Waals surface area (Å²) in [7, 11) is 0. The maximum atomic E-state index is 12.7. The highest BCUT2D eigenvalue weighted by Crippen LogP contribution is 2.35. The second-order valence-corrected chi connectivity index (χ2v) is 5.51. The Morgan fingerprint density at radius 1 is 1.15 bits per heavy atom. The van der Waals surface area contributed by atoms with Crippen LogP contribution in [0.25, 0.3) is 11.0 Å². The highest BCUT2D eigenvalue weighted by Gasteiger charge is 2.42. The highest BCUT2D eigenvalue weighted by atomic mass is 16.6. The van der Waals surface area contributed by atoms with Crippen LogP contribution in [0.1, 0.15) is 36.0 Å². The molecule has 3 heterocycles. The van der Waals surface area contributed by atoms with Gasteiger partial charge in [-0.15, -0.1) is 0 Å². The molecule has 20 heavy (non-hydrogen) atoms. The third-order valence-corrected chi connectivity index (χ3v) is 4.28. The molecule has 2 aliphatic heterocycles. The Bertz CT molecular complexity index is 693. The van der Waals surface area contributed by atoms with Crippen LogP contribution in [0, 0.1) is 0 Å². The molecule has 1 aromatic carbocycles. The molecule has 2 unspecified atom stereocenters. The fourth-order valence-electron chi connectivity index (χ4n) is 3.37. The molecular weight excluding hydrogens is 258 g/mol. The maximum absolute atomic E-state index is 12.7. The number of aromatic nitrogens is 2. The van der Waals surface area contributed by atoms with Gasteiger partial charge in [-0.05, 0) is 41.4 Å². The van der Waals surface area contributed by atoms with Crippen LogP contribution in [-0.2, 0) is 4.79 Å². The first-order valence-electron chi connectivity index (χ1n) is 6.79. The van der Waals surface area contributed by atoms with Gasteiger partial charge in [0.1, 0.15) is 16.8 Å². The number of carbonyl (C=O) groups is 2. The molecule has 2 aliphatic rings. The summed E-state index contributed by atoms with van der Waals surface area (Å²) in [4.78, 5) is 26.2. The van der Waals surface area contributed by atoms with Crippen molar-refractivity contribution in [2.45, 2.75) is 37.8 Å². The van der Waals surface area contributed by atoms with Crippen molar-refractivity contribution in [1.29, 1.82) is 0 Å². The molecule has 1 amide bonds. The quantitative estimate of drug-likeness (QED) is 0.786. The molecule has 0 saturated carbocycles. The number of carbonyl (C=O) groups excluding carboxylic acids is 2. The molecule has 6 heteroatoms. The topological polar surface area (TPSA) is 76.3 Å². The lowest BCUT2D eigenvalue weighted by molar-refractivity contribution is -0.122. The molecule has 4 rings (SSSR count). The fraction of sp³-hybridized carbons (Fsp3) is 0.429. The van der Waals surface area contributed by atoms with E-state index in [1.165, 1.54) is 0 Å². The van der Waals surface area contributed by atoms with E-state index in [0.717, 1.165) is 12.8 Å². The summed E-state index contributed by atoms with van der Waals surface area (Å²) in [6.45, 7) is 0. The molecule has 2 fully saturated rings. The molecule has 2 atom stereocenters. The normalized spacial score (nSPS) is 25.4. The van der Waals surface area contributed by atoms with Crippen molar-refractivity contribution < 1.29 is 14.2 Å². The lowest BCUT2D eigenvalue weighted by Gasteiger charge is -2.34. The Balaban J connectivity index is 1.68. The molecular formula is C14H13N3O3. The Morgan fingerprint density at radius 2 is 1.85 bits per heavy atom. The number of amides is 1. The summed E-state index contributed by atoms with van der Waals surface area (Å²) in [6.07, 6.45) is 2.85. The average Bonchev–Trinajstić information content (AvgIpc) is 3.00. The SMILES string of the molecule is O=C1CC2CCC(C1)N2C(=O)c1ccc2nonc2c1. The highest BCUT2D eigenvalue weighted by molar-refractivity contribution is 5.98. The van der Waals surface area contributed by atoms with Gasteiger partial charge in [0.2, 0.25) is 0 Å². The molecule has 1 aromatic heterocycles. The molecule has 0 radical (unpaired) electrons. The zero-order chi connectivity index (χ0) is 13.7. The van der Waals surface area contributed by atoms with Crippen LogP contribution in [0.15, 0.2) is 22.8 Å². The minimum Gasteiger partial charge on any atom is -0.332 e. The maximum Gasteiger partial charge on any atom is 0.254 e. The van der Waals surface area contributed by atoms with Crippen LogP contribution in [0.3, 0.4) is 0 Å².